The van der Waals surface area contributed by atoms with Gasteiger partial charge in [-0.1, -0.05) is 0 Å². The van der Waals surface area contributed by atoms with Crippen LogP contribution in [0.3, 0.4) is 0 Å². The molecule has 2 aromatic rings. The Kier molecular flexibility index (Phi) is 4.60. The third-order valence-corrected chi connectivity index (χ3v) is 6.16. The molecule has 1 saturated heterocycles. The maximum absolute atomic E-state index is 13.3. The molecule has 1 saturated carbocycles. The molecule has 1 aliphatic heterocycles. The quantitative estimate of drug-likeness (QED) is 0.703. The summed E-state index contributed by atoms with van der Waals surface area (Å²) >= 11 is 0. The number of hydrogen-bond acceptors (Lipinski definition) is 4. The highest BCUT2D eigenvalue weighted by molar-refractivity contribution is 5.86. The van der Waals surface area contributed by atoms with Gasteiger partial charge in [0.05, 0.1) is 11.6 Å². The summed E-state index contributed by atoms with van der Waals surface area (Å²) in [5.41, 5.74) is 3.79. The van der Waals surface area contributed by atoms with Crippen LogP contribution in [0.2, 0.25) is 0 Å². The van der Waals surface area contributed by atoms with Crippen molar-refractivity contribution < 1.29 is 18.7 Å². The summed E-state index contributed by atoms with van der Waals surface area (Å²) in [6, 6.07) is 6.25. The van der Waals surface area contributed by atoms with Crippen molar-refractivity contribution in [1.29, 1.82) is 0 Å². The van der Waals surface area contributed by atoms with E-state index in [2.05, 4.69) is 5.10 Å². The van der Waals surface area contributed by atoms with Gasteiger partial charge >= 0.3 is 5.97 Å². The molecule has 0 radical (unpaired) electrons. The smallest absolute Gasteiger partial charge is 0.311 e. The molecule has 6 nitrogen and oxygen atoms in total. The minimum absolute atomic E-state index is 0.0559. The summed E-state index contributed by atoms with van der Waals surface area (Å²) in [4.78, 5) is 26.5. The number of ether oxygens (including phenoxy) is 1. The number of amides is 1. The Morgan fingerprint density at radius 3 is 2.76 bits per heavy atom. The normalized spacial score (nSPS) is 20.9. The maximum Gasteiger partial charge on any atom is 0.311 e. The Hall–Kier alpha value is -2.70. The predicted molar refractivity (Wildman–Crippen MR) is 103 cm³/mol. The summed E-state index contributed by atoms with van der Waals surface area (Å²) in [6.07, 6.45) is 5.44. The van der Waals surface area contributed by atoms with Crippen molar-refractivity contribution in [1.82, 2.24) is 14.7 Å². The molecule has 0 N–H and O–H groups in total. The number of hydrogen-bond donors (Lipinski definition) is 0. The molecule has 1 atom stereocenters. The van der Waals surface area contributed by atoms with Crippen LogP contribution in [0, 0.1) is 17.7 Å². The van der Waals surface area contributed by atoms with Crippen molar-refractivity contribution in [2.24, 2.45) is 11.8 Å². The molecular formula is C22H24FN3O3. The van der Waals surface area contributed by atoms with Gasteiger partial charge in [0.15, 0.2) is 0 Å². The van der Waals surface area contributed by atoms with Gasteiger partial charge < -0.3 is 9.64 Å². The molecule has 152 valence electrons. The lowest BCUT2D eigenvalue weighted by molar-refractivity contribution is -0.149. The number of aromatic nitrogens is 2. The van der Waals surface area contributed by atoms with E-state index in [1.54, 1.807) is 12.1 Å². The molecule has 5 rings (SSSR count). The van der Waals surface area contributed by atoms with Crippen molar-refractivity contribution in [3.63, 3.8) is 0 Å². The van der Waals surface area contributed by atoms with Crippen LogP contribution in [0.4, 0.5) is 4.39 Å². The van der Waals surface area contributed by atoms with Gasteiger partial charge in [0.1, 0.15) is 18.1 Å². The largest absolute Gasteiger partial charge is 0.459 e. The van der Waals surface area contributed by atoms with E-state index in [1.807, 2.05) is 9.58 Å². The molecule has 0 spiro atoms. The van der Waals surface area contributed by atoms with Crippen molar-refractivity contribution >= 4 is 11.9 Å². The molecule has 1 amide bonds. The highest BCUT2D eigenvalue weighted by Gasteiger charge is 2.38. The minimum Gasteiger partial charge on any atom is -0.459 e. The summed E-state index contributed by atoms with van der Waals surface area (Å²) < 4.78 is 20.7. The van der Waals surface area contributed by atoms with Gasteiger partial charge in [0, 0.05) is 30.8 Å². The van der Waals surface area contributed by atoms with Crippen molar-refractivity contribution in [2.75, 3.05) is 13.1 Å². The molecule has 2 aliphatic carbocycles. The predicted octanol–water partition coefficient (Wildman–Crippen LogP) is 2.80. The van der Waals surface area contributed by atoms with Crippen LogP contribution in [0.15, 0.2) is 24.3 Å². The first-order valence-electron chi connectivity index (χ1n) is 10.4. The van der Waals surface area contributed by atoms with E-state index in [9.17, 15) is 14.0 Å². The first-order chi connectivity index (χ1) is 14.1. The van der Waals surface area contributed by atoms with E-state index < -0.39 is 0 Å². The molecule has 3 aliphatic rings. The summed E-state index contributed by atoms with van der Waals surface area (Å²) in [5, 5.41) is 4.65. The Balaban J connectivity index is 1.26. The van der Waals surface area contributed by atoms with E-state index in [0.29, 0.717) is 12.5 Å². The molecule has 1 unspecified atom stereocenters. The van der Waals surface area contributed by atoms with Crippen molar-refractivity contribution in [3.05, 3.63) is 47.0 Å². The standard InChI is InChI=1S/C22H24FN3O3/c23-16-6-8-17(9-7-16)26-20-3-1-2-18(20)19(24-26)13-29-22(28)15-10-21(27)25(12-15)11-14-4-5-14/h6-9,14-15H,1-5,10-13H2. The topological polar surface area (TPSA) is 64.4 Å². The van der Waals surface area contributed by atoms with E-state index in [-0.39, 0.29) is 36.6 Å². The van der Waals surface area contributed by atoms with Crippen LogP contribution in [0.25, 0.3) is 5.69 Å². The van der Waals surface area contributed by atoms with Crippen LogP contribution in [0.5, 0.6) is 0 Å². The Morgan fingerprint density at radius 2 is 2.00 bits per heavy atom. The fourth-order valence-electron chi connectivity index (χ4n) is 4.40. The van der Waals surface area contributed by atoms with Crippen LogP contribution in [0.1, 0.15) is 42.6 Å². The van der Waals surface area contributed by atoms with Gasteiger partial charge in [-0.25, -0.2) is 9.07 Å². The van der Waals surface area contributed by atoms with E-state index in [4.69, 9.17) is 4.74 Å². The fraction of sp³-hybridized carbons (Fsp3) is 0.500. The Labute approximate surface area is 168 Å². The number of carbonyl (C=O) groups is 2. The second-order valence-electron chi connectivity index (χ2n) is 8.36. The number of esters is 1. The van der Waals surface area contributed by atoms with Crippen LogP contribution < -0.4 is 0 Å². The molecular weight excluding hydrogens is 373 g/mol. The molecule has 1 aromatic carbocycles. The highest BCUT2D eigenvalue weighted by Crippen LogP contribution is 2.32. The second kappa shape index (κ2) is 7.28. The van der Waals surface area contributed by atoms with Crippen LogP contribution >= 0.6 is 0 Å². The average Bonchev–Trinajstić information content (AvgIpc) is 3.10. The molecule has 2 fully saturated rings. The van der Waals surface area contributed by atoms with Gasteiger partial charge in [0.25, 0.3) is 0 Å². The summed E-state index contributed by atoms with van der Waals surface area (Å²) in [7, 11) is 0. The third kappa shape index (κ3) is 3.66. The monoisotopic (exact) mass is 397 g/mol. The van der Waals surface area contributed by atoms with Crippen molar-refractivity contribution in [2.45, 2.75) is 45.1 Å². The lowest BCUT2D eigenvalue weighted by Gasteiger charge is -2.15. The first kappa shape index (κ1) is 18.3. The number of fused-ring (bicyclic) bond motifs is 1. The molecule has 29 heavy (non-hydrogen) atoms. The van der Waals surface area contributed by atoms with Gasteiger partial charge in [-0.2, -0.15) is 5.10 Å². The number of nitrogens with zero attached hydrogens (tertiary/aromatic N) is 3. The Bertz CT molecular complexity index is 949. The minimum atomic E-state index is -0.381. The zero-order valence-corrected chi connectivity index (χ0v) is 16.3. The summed E-state index contributed by atoms with van der Waals surface area (Å²) in [5.74, 6) is -0.311. The Morgan fingerprint density at radius 1 is 1.21 bits per heavy atom. The molecule has 0 bridgehead atoms. The van der Waals surface area contributed by atoms with Gasteiger partial charge in [-0.3, -0.25) is 9.59 Å². The van der Waals surface area contributed by atoms with Crippen LogP contribution in [-0.2, 0) is 33.8 Å². The van der Waals surface area contributed by atoms with E-state index in [0.717, 1.165) is 48.4 Å². The first-order valence-corrected chi connectivity index (χ1v) is 10.4. The van der Waals surface area contributed by atoms with Gasteiger partial charge in [-0.15, -0.1) is 0 Å². The number of carbonyl (C=O) groups excluding carboxylic acids is 2. The van der Waals surface area contributed by atoms with Crippen LogP contribution in [-0.4, -0.2) is 39.6 Å². The number of benzene rings is 1. The number of rotatable bonds is 6. The third-order valence-electron chi connectivity index (χ3n) is 6.16. The average molecular weight is 397 g/mol. The highest BCUT2D eigenvalue weighted by atomic mass is 19.1. The zero-order chi connectivity index (χ0) is 20.0. The molecule has 7 heteroatoms. The van der Waals surface area contributed by atoms with E-state index >= 15 is 0 Å². The molecule has 2 heterocycles. The lowest BCUT2D eigenvalue weighted by atomic mass is 10.1. The lowest BCUT2D eigenvalue weighted by Crippen LogP contribution is -2.28. The SMILES string of the molecule is O=C(OCc1nn(-c2ccc(F)cc2)c2c1CCC2)C1CC(=O)N(CC2CC2)C1. The fourth-order valence-corrected chi connectivity index (χ4v) is 4.40. The maximum atomic E-state index is 13.3. The number of halogens is 1. The van der Waals surface area contributed by atoms with E-state index in [1.165, 1.54) is 25.0 Å². The summed E-state index contributed by atoms with van der Waals surface area (Å²) in [6.45, 7) is 1.36. The van der Waals surface area contributed by atoms with Gasteiger partial charge in [-0.05, 0) is 62.3 Å². The second-order valence-corrected chi connectivity index (χ2v) is 8.36. The van der Waals surface area contributed by atoms with Gasteiger partial charge in [0.2, 0.25) is 5.91 Å². The number of likely N-dealkylation sites (tertiary alicyclic amines) is 1. The zero-order valence-electron chi connectivity index (χ0n) is 16.3. The molecule has 1 aromatic heterocycles. The van der Waals surface area contributed by atoms with Crippen molar-refractivity contribution in [3.8, 4) is 5.69 Å².